The van der Waals surface area contributed by atoms with Gasteiger partial charge >= 0.3 is 0 Å². The van der Waals surface area contributed by atoms with Gasteiger partial charge in [-0.3, -0.25) is 0 Å². The largest absolute Gasteiger partial charge is 0.366 e. The van der Waals surface area contributed by atoms with Crippen molar-refractivity contribution in [2.24, 2.45) is 0 Å². The summed E-state index contributed by atoms with van der Waals surface area (Å²) in [6.45, 7) is 5.69. The van der Waals surface area contributed by atoms with E-state index in [1.165, 1.54) is 22.3 Å². The molecule has 4 heteroatoms. The molecule has 0 spiro atoms. The maximum atomic E-state index is 4.53. The number of hydrogen-bond donors (Lipinski definition) is 2. The molecule has 0 radical (unpaired) electrons. The molecule has 0 unspecified atom stereocenters. The van der Waals surface area contributed by atoms with Gasteiger partial charge in [-0.2, -0.15) is 4.98 Å². The second-order valence-electron chi connectivity index (χ2n) is 5.83. The fourth-order valence-corrected chi connectivity index (χ4v) is 2.52. The van der Waals surface area contributed by atoms with E-state index in [1.54, 1.807) is 6.20 Å². The summed E-state index contributed by atoms with van der Waals surface area (Å²) in [4.78, 5) is 8.82. The highest BCUT2D eigenvalue weighted by atomic mass is 15.1. The lowest BCUT2D eigenvalue weighted by atomic mass is 10.1. The number of nitrogens with zero attached hydrogens (tertiary/aromatic N) is 2. The monoisotopic (exact) mass is 318 g/mol. The number of rotatable bonds is 6. The second kappa shape index (κ2) is 7.59. The summed E-state index contributed by atoms with van der Waals surface area (Å²) < 4.78 is 0. The molecule has 0 bridgehead atoms. The first-order valence-corrected chi connectivity index (χ1v) is 8.12. The average Bonchev–Trinajstić information content (AvgIpc) is 2.61. The van der Waals surface area contributed by atoms with Crippen LogP contribution in [0.3, 0.4) is 0 Å². The molecule has 3 aromatic rings. The summed E-state index contributed by atoms with van der Waals surface area (Å²) in [5, 5.41) is 6.65. The van der Waals surface area contributed by atoms with Gasteiger partial charge in [-0.25, -0.2) is 4.98 Å². The van der Waals surface area contributed by atoms with E-state index < -0.39 is 0 Å². The maximum Gasteiger partial charge on any atom is 0.224 e. The minimum Gasteiger partial charge on any atom is -0.366 e. The molecule has 0 aliphatic rings. The Bertz CT molecular complexity index is 749. The fourth-order valence-electron chi connectivity index (χ4n) is 2.52. The molecule has 2 N–H and O–H groups in total. The summed E-state index contributed by atoms with van der Waals surface area (Å²) >= 11 is 0. The lowest BCUT2D eigenvalue weighted by molar-refractivity contribution is 1.02. The fraction of sp³-hybridized carbons (Fsp3) is 0.200. The van der Waals surface area contributed by atoms with Crippen LogP contribution in [0.25, 0.3) is 0 Å². The molecule has 122 valence electrons. The number of hydrogen-bond acceptors (Lipinski definition) is 4. The Labute approximate surface area is 143 Å². The molecular weight excluding hydrogens is 296 g/mol. The van der Waals surface area contributed by atoms with Gasteiger partial charge in [-0.1, -0.05) is 48.5 Å². The molecule has 0 saturated heterocycles. The molecule has 0 amide bonds. The van der Waals surface area contributed by atoms with Crippen molar-refractivity contribution >= 4 is 11.8 Å². The van der Waals surface area contributed by atoms with Gasteiger partial charge in [-0.15, -0.1) is 0 Å². The van der Waals surface area contributed by atoms with Crippen molar-refractivity contribution in [2.75, 3.05) is 10.6 Å². The summed E-state index contributed by atoms with van der Waals surface area (Å²) in [5.41, 5.74) is 5.06. The van der Waals surface area contributed by atoms with Crippen LogP contribution >= 0.6 is 0 Å². The second-order valence-corrected chi connectivity index (χ2v) is 5.83. The van der Waals surface area contributed by atoms with E-state index in [9.17, 15) is 0 Å². The number of anilines is 2. The predicted molar refractivity (Wildman–Crippen MR) is 99.0 cm³/mol. The molecule has 0 atom stereocenters. The van der Waals surface area contributed by atoms with Crippen LogP contribution < -0.4 is 10.6 Å². The minimum atomic E-state index is 0.632. The van der Waals surface area contributed by atoms with Gasteiger partial charge in [0.15, 0.2) is 0 Å². The molecule has 24 heavy (non-hydrogen) atoms. The van der Waals surface area contributed by atoms with Gasteiger partial charge in [0.05, 0.1) is 0 Å². The van der Waals surface area contributed by atoms with Crippen LogP contribution in [0.1, 0.15) is 22.3 Å². The third kappa shape index (κ3) is 4.10. The number of aromatic nitrogens is 2. The van der Waals surface area contributed by atoms with Gasteiger partial charge in [0.2, 0.25) is 5.95 Å². The Morgan fingerprint density at radius 2 is 1.33 bits per heavy atom. The van der Waals surface area contributed by atoms with E-state index in [0.717, 1.165) is 12.4 Å². The molecule has 2 aromatic carbocycles. The summed E-state index contributed by atoms with van der Waals surface area (Å²) in [6.07, 6.45) is 1.77. The summed E-state index contributed by atoms with van der Waals surface area (Å²) in [6, 6.07) is 18.6. The summed E-state index contributed by atoms with van der Waals surface area (Å²) in [7, 11) is 0. The zero-order valence-electron chi connectivity index (χ0n) is 14.1. The van der Waals surface area contributed by atoms with Crippen LogP contribution in [-0.2, 0) is 13.1 Å². The molecule has 0 aliphatic carbocycles. The number of nitrogens with one attached hydrogen (secondary N) is 2. The normalized spacial score (nSPS) is 10.4. The minimum absolute atomic E-state index is 0.632. The van der Waals surface area contributed by atoms with E-state index in [-0.39, 0.29) is 0 Å². The van der Waals surface area contributed by atoms with Gasteiger partial charge in [-0.05, 0) is 42.2 Å². The zero-order valence-corrected chi connectivity index (χ0v) is 14.1. The maximum absolute atomic E-state index is 4.53. The molecule has 0 fully saturated rings. The Hall–Kier alpha value is -2.88. The Balaban J connectivity index is 1.62. The third-order valence-corrected chi connectivity index (χ3v) is 4.07. The first kappa shape index (κ1) is 16.0. The SMILES string of the molecule is Cc1ccccc1CNc1ccnc(NCc2ccccc2C)n1. The lowest BCUT2D eigenvalue weighted by Crippen LogP contribution is -2.07. The van der Waals surface area contributed by atoms with Crippen molar-refractivity contribution in [1.29, 1.82) is 0 Å². The van der Waals surface area contributed by atoms with Crippen molar-refractivity contribution in [3.8, 4) is 0 Å². The molecular formula is C20H22N4. The van der Waals surface area contributed by atoms with Gasteiger partial charge in [0.1, 0.15) is 5.82 Å². The van der Waals surface area contributed by atoms with E-state index >= 15 is 0 Å². The topological polar surface area (TPSA) is 49.8 Å². The van der Waals surface area contributed by atoms with Gasteiger partial charge < -0.3 is 10.6 Å². The van der Waals surface area contributed by atoms with E-state index in [2.05, 4.69) is 70.8 Å². The van der Waals surface area contributed by atoms with E-state index in [4.69, 9.17) is 0 Å². The smallest absolute Gasteiger partial charge is 0.224 e. The first-order chi connectivity index (χ1) is 11.7. The van der Waals surface area contributed by atoms with Crippen LogP contribution in [0, 0.1) is 13.8 Å². The molecule has 1 heterocycles. The highest BCUT2D eigenvalue weighted by molar-refractivity contribution is 5.41. The van der Waals surface area contributed by atoms with Crippen molar-refractivity contribution in [3.63, 3.8) is 0 Å². The number of aryl methyl sites for hydroxylation is 2. The molecule has 0 aliphatic heterocycles. The molecule has 3 rings (SSSR count). The van der Waals surface area contributed by atoms with Gasteiger partial charge in [0, 0.05) is 19.3 Å². The van der Waals surface area contributed by atoms with E-state index in [0.29, 0.717) is 12.5 Å². The third-order valence-electron chi connectivity index (χ3n) is 4.07. The first-order valence-electron chi connectivity index (χ1n) is 8.12. The summed E-state index contributed by atoms with van der Waals surface area (Å²) in [5.74, 6) is 1.45. The molecule has 0 saturated carbocycles. The highest BCUT2D eigenvalue weighted by Gasteiger charge is 2.02. The highest BCUT2D eigenvalue weighted by Crippen LogP contribution is 2.13. The Morgan fingerprint density at radius 1 is 0.750 bits per heavy atom. The van der Waals surface area contributed by atoms with Crippen molar-refractivity contribution < 1.29 is 0 Å². The Morgan fingerprint density at radius 3 is 1.96 bits per heavy atom. The van der Waals surface area contributed by atoms with Crippen LogP contribution in [0.5, 0.6) is 0 Å². The molecule has 4 nitrogen and oxygen atoms in total. The average molecular weight is 318 g/mol. The standard InChI is InChI=1S/C20H22N4/c1-15-7-3-5-9-17(15)13-22-19-11-12-21-20(24-19)23-14-18-10-6-4-8-16(18)2/h3-12H,13-14H2,1-2H3,(H2,21,22,23,24). The predicted octanol–water partition coefficient (Wildman–Crippen LogP) is 4.32. The van der Waals surface area contributed by atoms with Crippen molar-refractivity contribution in [2.45, 2.75) is 26.9 Å². The van der Waals surface area contributed by atoms with Gasteiger partial charge in [0.25, 0.3) is 0 Å². The number of benzene rings is 2. The van der Waals surface area contributed by atoms with Crippen molar-refractivity contribution in [3.05, 3.63) is 83.0 Å². The van der Waals surface area contributed by atoms with Crippen LogP contribution in [0.15, 0.2) is 60.8 Å². The quantitative estimate of drug-likeness (QED) is 0.711. The zero-order chi connectivity index (χ0) is 16.8. The lowest BCUT2D eigenvalue weighted by Gasteiger charge is -2.10. The van der Waals surface area contributed by atoms with Crippen molar-refractivity contribution in [1.82, 2.24) is 9.97 Å². The van der Waals surface area contributed by atoms with Crippen LogP contribution in [-0.4, -0.2) is 9.97 Å². The van der Waals surface area contributed by atoms with Crippen LogP contribution in [0.2, 0.25) is 0 Å². The Kier molecular flexibility index (Phi) is 5.06. The van der Waals surface area contributed by atoms with Crippen LogP contribution in [0.4, 0.5) is 11.8 Å². The molecule has 1 aromatic heterocycles. The van der Waals surface area contributed by atoms with E-state index in [1.807, 2.05) is 18.2 Å².